The Morgan fingerprint density at radius 1 is 1.00 bits per heavy atom. The van der Waals surface area contributed by atoms with Gasteiger partial charge in [0.05, 0.1) is 5.69 Å². The number of pyridine rings is 1. The van der Waals surface area contributed by atoms with Crippen LogP contribution in [-0.4, -0.2) is 44.2 Å². The number of fused-ring (bicyclic) bond motifs is 1. The molecule has 0 atom stereocenters. The van der Waals surface area contributed by atoms with Crippen LogP contribution in [-0.2, 0) is 6.61 Å². The lowest BCUT2D eigenvalue weighted by Crippen LogP contribution is -2.16. The Kier molecular flexibility index (Phi) is 4.48. The lowest BCUT2D eigenvalue weighted by atomic mass is 10.3. The zero-order valence-corrected chi connectivity index (χ0v) is 14.9. The number of para-hydroxylation sites is 1. The summed E-state index contributed by atoms with van der Waals surface area (Å²) in [5, 5.41) is 8.09. The maximum absolute atomic E-state index is 5.81. The van der Waals surface area contributed by atoms with Gasteiger partial charge in [-0.25, -0.2) is 9.97 Å². The topological polar surface area (TPSA) is 91.1 Å². The summed E-state index contributed by atoms with van der Waals surface area (Å²) in [6, 6.07) is 14.7. The Balaban J connectivity index is 1.60. The van der Waals surface area contributed by atoms with Crippen molar-refractivity contribution in [3.8, 4) is 11.8 Å². The van der Waals surface area contributed by atoms with Crippen LogP contribution in [0.2, 0.25) is 0 Å². The molecule has 0 fully saturated rings. The average molecular weight is 363 g/mol. The molecule has 4 rings (SSSR count). The number of nitrogens with zero attached hydrogens (tertiary/aromatic N) is 7. The van der Waals surface area contributed by atoms with Gasteiger partial charge in [0.25, 0.3) is 5.88 Å². The normalized spacial score (nSPS) is 10.7. The Hall–Kier alpha value is -3.75. The number of ether oxygens (including phenoxy) is 1. The molecule has 0 saturated heterocycles. The lowest BCUT2D eigenvalue weighted by Gasteiger charge is -2.13. The summed E-state index contributed by atoms with van der Waals surface area (Å²) in [6.45, 7) is 0.231. The third-order valence-electron chi connectivity index (χ3n) is 3.65. The van der Waals surface area contributed by atoms with Crippen molar-refractivity contribution in [2.75, 3.05) is 19.0 Å². The maximum atomic E-state index is 5.81. The Bertz CT molecular complexity index is 1050. The number of hydrogen-bond acceptors (Lipinski definition) is 8. The Morgan fingerprint density at radius 2 is 1.85 bits per heavy atom. The van der Waals surface area contributed by atoms with Crippen LogP contribution in [0.5, 0.6) is 11.8 Å². The fourth-order valence-electron chi connectivity index (χ4n) is 2.36. The highest BCUT2D eigenvalue weighted by Crippen LogP contribution is 2.18. The van der Waals surface area contributed by atoms with Gasteiger partial charge in [0, 0.05) is 32.4 Å². The molecule has 0 aliphatic rings. The predicted octanol–water partition coefficient (Wildman–Crippen LogP) is 2.10. The van der Waals surface area contributed by atoms with Gasteiger partial charge in [-0.05, 0) is 23.4 Å². The molecule has 3 heterocycles. The first-order valence-electron chi connectivity index (χ1n) is 8.27. The van der Waals surface area contributed by atoms with Gasteiger partial charge >= 0.3 is 0 Å². The van der Waals surface area contributed by atoms with Crippen LogP contribution < -0.4 is 14.5 Å². The highest BCUT2D eigenvalue weighted by atomic mass is 16.7. The van der Waals surface area contributed by atoms with E-state index in [0.717, 1.165) is 11.0 Å². The first-order valence-corrected chi connectivity index (χ1v) is 8.27. The lowest BCUT2D eigenvalue weighted by molar-refractivity contribution is 0.175. The summed E-state index contributed by atoms with van der Waals surface area (Å²) in [5.74, 6) is 1.35. The molecule has 9 nitrogen and oxygen atoms in total. The van der Waals surface area contributed by atoms with Crippen molar-refractivity contribution < 1.29 is 9.57 Å². The predicted molar refractivity (Wildman–Crippen MR) is 98.5 cm³/mol. The molecule has 9 heteroatoms. The molecule has 3 aromatic heterocycles. The second kappa shape index (κ2) is 7.24. The van der Waals surface area contributed by atoms with E-state index < -0.39 is 0 Å². The van der Waals surface area contributed by atoms with Gasteiger partial charge in [-0.2, -0.15) is 4.98 Å². The molecule has 27 heavy (non-hydrogen) atoms. The zero-order chi connectivity index (χ0) is 18.6. The van der Waals surface area contributed by atoms with E-state index in [4.69, 9.17) is 9.57 Å². The Morgan fingerprint density at radius 3 is 2.67 bits per heavy atom. The van der Waals surface area contributed by atoms with Crippen molar-refractivity contribution in [2.45, 2.75) is 6.61 Å². The standard InChI is InChI=1S/C18H17N7O2/c1-24(2)18-20-13(12-26-16-9-5-6-10-19-16)11-17(21-18)27-25-15-8-4-3-7-14(15)22-23-25/h3-11H,12H2,1-2H3. The van der Waals surface area contributed by atoms with Crippen LogP contribution in [0.3, 0.4) is 0 Å². The number of aromatic nitrogens is 6. The van der Waals surface area contributed by atoms with Crippen LogP contribution in [0.4, 0.5) is 5.95 Å². The summed E-state index contributed by atoms with van der Waals surface area (Å²) in [6.07, 6.45) is 1.67. The SMILES string of the molecule is CN(C)c1nc(COc2ccccn2)cc(On2nnc3ccccc32)n1. The average Bonchev–Trinajstić information content (AvgIpc) is 3.10. The van der Waals surface area contributed by atoms with Crippen molar-refractivity contribution in [1.82, 2.24) is 30.1 Å². The molecule has 0 N–H and O–H groups in total. The van der Waals surface area contributed by atoms with Crippen molar-refractivity contribution in [3.05, 3.63) is 60.4 Å². The molecule has 0 radical (unpaired) electrons. The fourth-order valence-corrected chi connectivity index (χ4v) is 2.36. The molecule has 0 aliphatic carbocycles. The fraction of sp³-hybridized carbons (Fsp3) is 0.167. The molecule has 4 aromatic rings. The van der Waals surface area contributed by atoms with Gasteiger partial charge < -0.3 is 14.5 Å². The molecule has 0 saturated carbocycles. The molecule has 136 valence electrons. The number of anilines is 1. The third-order valence-corrected chi connectivity index (χ3v) is 3.65. The molecular weight excluding hydrogens is 346 g/mol. The Labute approximate surface area is 155 Å². The van der Waals surface area contributed by atoms with Crippen LogP contribution in [0.1, 0.15) is 5.69 Å². The highest BCUT2D eigenvalue weighted by Gasteiger charge is 2.12. The third kappa shape index (κ3) is 3.76. The molecule has 0 aliphatic heterocycles. The summed E-state index contributed by atoms with van der Waals surface area (Å²) in [7, 11) is 3.71. The van der Waals surface area contributed by atoms with E-state index in [0.29, 0.717) is 23.4 Å². The van der Waals surface area contributed by atoms with Crippen LogP contribution in [0, 0.1) is 0 Å². The molecule has 0 unspecified atom stereocenters. The maximum Gasteiger partial charge on any atom is 0.253 e. The van der Waals surface area contributed by atoms with E-state index >= 15 is 0 Å². The number of rotatable bonds is 6. The molecule has 0 spiro atoms. The van der Waals surface area contributed by atoms with Crippen molar-refractivity contribution in [3.63, 3.8) is 0 Å². The second-order valence-corrected chi connectivity index (χ2v) is 5.89. The summed E-state index contributed by atoms with van der Waals surface area (Å²) >= 11 is 0. The largest absolute Gasteiger partial charge is 0.471 e. The van der Waals surface area contributed by atoms with Gasteiger partial charge in [0.15, 0.2) is 0 Å². The van der Waals surface area contributed by atoms with E-state index in [-0.39, 0.29) is 6.61 Å². The number of hydrogen-bond donors (Lipinski definition) is 0. The van der Waals surface area contributed by atoms with Crippen LogP contribution in [0.15, 0.2) is 54.7 Å². The smallest absolute Gasteiger partial charge is 0.253 e. The van der Waals surface area contributed by atoms with Gasteiger partial charge in [-0.15, -0.1) is 5.10 Å². The van der Waals surface area contributed by atoms with Gasteiger partial charge in [-0.1, -0.05) is 23.0 Å². The highest BCUT2D eigenvalue weighted by molar-refractivity contribution is 5.73. The minimum atomic E-state index is 0.231. The minimum Gasteiger partial charge on any atom is -0.471 e. The van der Waals surface area contributed by atoms with E-state index in [2.05, 4.69) is 25.3 Å². The van der Waals surface area contributed by atoms with Gasteiger partial charge in [0.2, 0.25) is 11.8 Å². The molecular formula is C18H17N7O2. The first-order chi connectivity index (χ1) is 13.2. The molecule has 0 amide bonds. The first kappa shape index (κ1) is 16.7. The van der Waals surface area contributed by atoms with E-state index in [1.807, 2.05) is 50.5 Å². The molecule has 1 aromatic carbocycles. The van der Waals surface area contributed by atoms with Crippen molar-refractivity contribution >= 4 is 17.0 Å². The van der Waals surface area contributed by atoms with Crippen molar-refractivity contribution in [1.29, 1.82) is 0 Å². The van der Waals surface area contributed by atoms with Gasteiger partial charge in [0.1, 0.15) is 17.6 Å². The second-order valence-electron chi connectivity index (χ2n) is 5.89. The van der Waals surface area contributed by atoms with E-state index in [1.54, 1.807) is 23.2 Å². The quantitative estimate of drug-likeness (QED) is 0.514. The summed E-state index contributed by atoms with van der Waals surface area (Å²) in [5.41, 5.74) is 2.13. The van der Waals surface area contributed by atoms with E-state index in [1.165, 1.54) is 4.85 Å². The summed E-state index contributed by atoms with van der Waals surface area (Å²) in [4.78, 5) is 21.9. The summed E-state index contributed by atoms with van der Waals surface area (Å²) < 4.78 is 5.68. The van der Waals surface area contributed by atoms with E-state index in [9.17, 15) is 0 Å². The molecule has 0 bridgehead atoms. The van der Waals surface area contributed by atoms with Crippen LogP contribution in [0.25, 0.3) is 11.0 Å². The zero-order valence-electron chi connectivity index (χ0n) is 14.9. The van der Waals surface area contributed by atoms with Crippen LogP contribution >= 0.6 is 0 Å². The number of benzene rings is 1. The van der Waals surface area contributed by atoms with Gasteiger partial charge in [-0.3, -0.25) is 0 Å². The minimum absolute atomic E-state index is 0.231. The van der Waals surface area contributed by atoms with Crippen molar-refractivity contribution in [2.24, 2.45) is 0 Å². The monoisotopic (exact) mass is 363 g/mol.